The summed E-state index contributed by atoms with van der Waals surface area (Å²) < 4.78 is 15.2. The Balaban J connectivity index is 2.99. The van der Waals surface area contributed by atoms with E-state index in [1.165, 1.54) is 19.1 Å². The smallest absolute Gasteiger partial charge is 0.345 e. The molecule has 0 saturated heterocycles. The first-order valence-corrected chi connectivity index (χ1v) is 7.62. The molecule has 26 heavy (non-hydrogen) atoms. The first-order chi connectivity index (χ1) is 12.3. The second kappa shape index (κ2) is 9.83. The lowest BCUT2D eigenvalue weighted by molar-refractivity contribution is -0.385. The Kier molecular flexibility index (Phi) is 7.82. The van der Waals surface area contributed by atoms with Crippen molar-refractivity contribution in [2.45, 2.75) is 13.3 Å². The highest BCUT2D eigenvalue weighted by atomic mass is 16.6. The normalized spacial score (nSPS) is 9.77. The van der Waals surface area contributed by atoms with Crippen LogP contribution in [0, 0.1) is 21.4 Å². The van der Waals surface area contributed by atoms with Crippen LogP contribution in [0.1, 0.15) is 23.7 Å². The predicted molar refractivity (Wildman–Crippen MR) is 89.0 cm³/mol. The van der Waals surface area contributed by atoms with Gasteiger partial charge >= 0.3 is 5.97 Å². The summed E-state index contributed by atoms with van der Waals surface area (Å²) >= 11 is 0. The lowest BCUT2D eigenvalue weighted by Gasteiger charge is -2.15. The maximum Gasteiger partial charge on any atom is 0.345 e. The third-order valence-corrected chi connectivity index (χ3v) is 3.31. The van der Waals surface area contributed by atoms with Crippen LogP contribution < -0.4 is 9.47 Å². The highest BCUT2D eigenvalue weighted by Crippen LogP contribution is 2.35. The number of hydrogen-bond acceptors (Lipinski definition) is 8. The van der Waals surface area contributed by atoms with Gasteiger partial charge in [-0.05, 0) is 6.92 Å². The molecule has 0 heterocycles. The van der Waals surface area contributed by atoms with E-state index in [0.717, 1.165) is 12.1 Å². The summed E-state index contributed by atoms with van der Waals surface area (Å²) in [4.78, 5) is 35.8. The van der Waals surface area contributed by atoms with Crippen LogP contribution >= 0.6 is 0 Å². The maximum atomic E-state index is 12.2. The molecule has 0 aromatic heterocycles. The highest BCUT2D eigenvalue weighted by molar-refractivity contribution is 5.96. The van der Waals surface area contributed by atoms with Crippen molar-refractivity contribution < 1.29 is 28.7 Å². The van der Waals surface area contributed by atoms with Crippen LogP contribution in [0.4, 0.5) is 5.69 Å². The van der Waals surface area contributed by atoms with Crippen molar-refractivity contribution in [3.8, 4) is 17.6 Å². The summed E-state index contributed by atoms with van der Waals surface area (Å²) in [6.45, 7) is 1.54. The molecule has 0 bridgehead atoms. The number of carbonyl (C=O) groups excluding carboxylic acids is 2. The van der Waals surface area contributed by atoms with Crippen LogP contribution in [0.2, 0.25) is 0 Å². The van der Waals surface area contributed by atoms with Gasteiger partial charge in [-0.3, -0.25) is 14.9 Å². The van der Waals surface area contributed by atoms with E-state index in [-0.39, 0.29) is 36.6 Å². The zero-order valence-corrected chi connectivity index (χ0v) is 14.7. The monoisotopic (exact) mass is 365 g/mol. The summed E-state index contributed by atoms with van der Waals surface area (Å²) in [5.74, 6) is -1.33. The Hall–Kier alpha value is -3.35. The Labute approximate surface area is 150 Å². The SMILES string of the molecule is CCOc1cc(C(=O)OCC(=O)N(C)CCC#N)c([N+](=O)[O-])cc1OC. The van der Waals surface area contributed by atoms with E-state index in [1.54, 1.807) is 6.92 Å². The largest absolute Gasteiger partial charge is 0.493 e. The van der Waals surface area contributed by atoms with E-state index in [2.05, 4.69) is 0 Å². The summed E-state index contributed by atoms with van der Waals surface area (Å²) in [6, 6.07) is 4.09. The van der Waals surface area contributed by atoms with Crippen molar-refractivity contribution in [3.05, 3.63) is 27.8 Å². The first kappa shape index (κ1) is 20.7. The van der Waals surface area contributed by atoms with Crippen LogP contribution in [0.25, 0.3) is 0 Å². The van der Waals surface area contributed by atoms with Crippen molar-refractivity contribution in [2.75, 3.05) is 33.9 Å². The molecule has 1 aromatic carbocycles. The van der Waals surface area contributed by atoms with E-state index in [0.29, 0.717) is 0 Å². The molecule has 0 fully saturated rings. The molecular weight excluding hydrogens is 346 g/mol. The van der Waals surface area contributed by atoms with Gasteiger partial charge in [-0.1, -0.05) is 0 Å². The lowest BCUT2D eigenvalue weighted by atomic mass is 10.1. The van der Waals surface area contributed by atoms with E-state index in [4.69, 9.17) is 19.5 Å². The third-order valence-electron chi connectivity index (χ3n) is 3.31. The van der Waals surface area contributed by atoms with Crippen molar-refractivity contribution in [2.24, 2.45) is 0 Å². The third kappa shape index (κ3) is 5.34. The number of ether oxygens (including phenoxy) is 3. The van der Waals surface area contributed by atoms with Crippen LogP contribution in [0.3, 0.4) is 0 Å². The summed E-state index contributed by atoms with van der Waals surface area (Å²) in [6.07, 6.45) is 0.137. The van der Waals surface area contributed by atoms with Gasteiger partial charge in [0, 0.05) is 19.7 Å². The number of benzene rings is 1. The zero-order chi connectivity index (χ0) is 19.7. The van der Waals surface area contributed by atoms with Crippen LogP contribution in [0.15, 0.2) is 12.1 Å². The van der Waals surface area contributed by atoms with Gasteiger partial charge in [-0.15, -0.1) is 0 Å². The van der Waals surface area contributed by atoms with Gasteiger partial charge in [0.2, 0.25) is 0 Å². The van der Waals surface area contributed by atoms with Crippen molar-refractivity contribution in [1.82, 2.24) is 4.90 Å². The fraction of sp³-hybridized carbons (Fsp3) is 0.438. The average Bonchev–Trinajstić information content (AvgIpc) is 2.63. The fourth-order valence-electron chi connectivity index (χ4n) is 1.95. The van der Waals surface area contributed by atoms with Gasteiger partial charge in [0.1, 0.15) is 5.56 Å². The number of nitriles is 1. The number of nitrogens with zero attached hydrogens (tertiary/aromatic N) is 3. The zero-order valence-electron chi connectivity index (χ0n) is 14.7. The van der Waals surface area contributed by atoms with Crippen molar-refractivity contribution in [1.29, 1.82) is 5.26 Å². The van der Waals surface area contributed by atoms with Crippen LogP contribution in [0.5, 0.6) is 11.5 Å². The van der Waals surface area contributed by atoms with E-state index < -0.39 is 29.1 Å². The fourth-order valence-corrected chi connectivity index (χ4v) is 1.95. The van der Waals surface area contributed by atoms with Gasteiger partial charge in [0.15, 0.2) is 18.1 Å². The second-order valence-electron chi connectivity index (χ2n) is 5.01. The number of nitro benzene ring substituents is 1. The van der Waals surface area contributed by atoms with Crippen LogP contribution in [-0.2, 0) is 9.53 Å². The minimum Gasteiger partial charge on any atom is -0.493 e. The second-order valence-corrected chi connectivity index (χ2v) is 5.01. The molecule has 0 aliphatic heterocycles. The van der Waals surface area contributed by atoms with E-state index in [1.807, 2.05) is 6.07 Å². The molecule has 10 heteroatoms. The summed E-state index contributed by atoms with van der Waals surface area (Å²) in [5, 5.41) is 19.7. The molecule has 0 atom stereocenters. The van der Waals surface area contributed by atoms with Crippen LogP contribution in [-0.4, -0.2) is 55.6 Å². The Morgan fingerprint density at radius 3 is 2.58 bits per heavy atom. The molecule has 1 amide bonds. The number of methoxy groups -OCH3 is 1. The number of amides is 1. The molecular formula is C16H19N3O7. The quantitative estimate of drug-likeness (QED) is 0.365. The summed E-state index contributed by atoms with van der Waals surface area (Å²) in [7, 11) is 2.77. The number of hydrogen-bond donors (Lipinski definition) is 0. The molecule has 10 nitrogen and oxygen atoms in total. The molecule has 0 N–H and O–H groups in total. The highest BCUT2D eigenvalue weighted by Gasteiger charge is 2.26. The minimum absolute atomic E-state index is 0.0995. The Morgan fingerprint density at radius 2 is 2.04 bits per heavy atom. The number of nitro groups is 1. The Bertz CT molecular complexity index is 727. The minimum atomic E-state index is -1.04. The lowest BCUT2D eigenvalue weighted by Crippen LogP contribution is -2.32. The van der Waals surface area contributed by atoms with Gasteiger partial charge in [0.05, 0.1) is 37.2 Å². The van der Waals surface area contributed by atoms with Gasteiger partial charge in [-0.25, -0.2) is 4.79 Å². The Morgan fingerprint density at radius 1 is 1.35 bits per heavy atom. The van der Waals surface area contributed by atoms with Crippen molar-refractivity contribution >= 4 is 17.6 Å². The first-order valence-electron chi connectivity index (χ1n) is 7.62. The molecule has 140 valence electrons. The molecule has 0 spiro atoms. The average molecular weight is 365 g/mol. The van der Waals surface area contributed by atoms with E-state index >= 15 is 0 Å². The summed E-state index contributed by atoms with van der Waals surface area (Å²) in [5.41, 5.74) is -0.882. The number of likely N-dealkylation sites (N-methyl/N-ethyl adjacent to an activating group) is 1. The maximum absolute atomic E-state index is 12.2. The number of esters is 1. The van der Waals surface area contributed by atoms with Crippen molar-refractivity contribution in [3.63, 3.8) is 0 Å². The topological polar surface area (TPSA) is 132 Å². The van der Waals surface area contributed by atoms with Gasteiger partial charge in [0.25, 0.3) is 11.6 Å². The molecule has 0 saturated carbocycles. The molecule has 0 radical (unpaired) electrons. The number of rotatable bonds is 9. The molecule has 1 aromatic rings. The standard InChI is InChI=1S/C16H19N3O7/c1-4-25-14-8-11(12(19(22)23)9-13(14)24-3)16(21)26-10-15(20)18(2)7-5-6-17/h8-9H,4-5,7,10H2,1-3H3. The van der Waals surface area contributed by atoms with E-state index in [9.17, 15) is 19.7 Å². The molecule has 0 unspecified atom stereocenters. The predicted octanol–water partition coefficient (Wildman–Crippen LogP) is 1.53. The molecule has 1 rings (SSSR count). The molecule has 0 aliphatic carbocycles. The van der Waals surface area contributed by atoms with Gasteiger partial charge < -0.3 is 19.1 Å². The number of carbonyl (C=O) groups is 2. The molecule has 0 aliphatic rings. The van der Waals surface area contributed by atoms with Gasteiger partial charge in [-0.2, -0.15) is 5.26 Å².